The van der Waals surface area contributed by atoms with Crippen LogP contribution in [0.4, 0.5) is 16.0 Å². The molecule has 0 atom stereocenters. The standard InChI is InChI=1S/C15H14ClN5OS3/c1-9(22)21(12-5-3-4-10(16)6-12)14-18-11(7-23-14)8-24-15-20-19-13(17-2)25-15/h3-7H,8H2,1-2H3,(H,17,19). The molecular formula is C15H14ClN5OS3. The number of hydrogen-bond donors (Lipinski definition) is 1. The zero-order valence-corrected chi connectivity index (χ0v) is 16.6. The van der Waals surface area contributed by atoms with Gasteiger partial charge in [0, 0.05) is 30.1 Å². The first kappa shape index (κ1) is 18.1. The molecule has 0 saturated carbocycles. The lowest BCUT2D eigenvalue weighted by atomic mass is 10.3. The lowest BCUT2D eigenvalue weighted by Gasteiger charge is -2.18. The van der Waals surface area contributed by atoms with E-state index in [9.17, 15) is 4.79 Å². The van der Waals surface area contributed by atoms with Gasteiger partial charge in [-0.1, -0.05) is 40.8 Å². The quantitative estimate of drug-likeness (QED) is 0.594. The molecule has 1 N–H and O–H groups in total. The van der Waals surface area contributed by atoms with Crippen LogP contribution in [0.1, 0.15) is 12.6 Å². The van der Waals surface area contributed by atoms with Gasteiger partial charge >= 0.3 is 0 Å². The van der Waals surface area contributed by atoms with Crippen LogP contribution in [0.5, 0.6) is 0 Å². The summed E-state index contributed by atoms with van der Waals surface area (Å²) < 4.78 is 0.872. The van der Waals surface area contributed by atoms with Gasteiger partial charge in [0.05, 0.1) is 11.4 Å². The van der Waals surface area contributed by atoms with Crippen LogP contribution >= 0.6 is 46.0 Å². The predicted molar refractivity (Wildman–Crippen MR) is 105 cm³/mol. The predicted octanol–water partition coefficient (Wildman–Crippen LogP) is 4.67. The number of aromatic nitrogens is 3. The number of halogens is 1. The third-order valence-electron chi connectivity index (χ3n) is 3.08. The highest BCUT2D eigenvalue weighted by Gasteiger charge is 2.18. The van der Waals surface area contributed by atoms with Gasteiger partial charge in [0.1, 0.15) is 0 Å². The fourth-order valence-corrected chi connectivity index (χ4v) is 4.79. The molecule has 2 aromatic heterocycles. The van der Waals surface area contributed by atoms with E-state index in [-0.39, 0.29) is 5.91 Å². The van der Waals surface area contributed by atoms with Crippen LogP contribution in [0.3, 0.4) is 0 Å². The molecule has 1 aromatic carbocycles. The van der Waals surface area contributed by atoms with Gasteiger partial charge in [-0.15, -0.1) is 21.5 Å². The Morgan fingerprint density at radius 1 is 1.40 bits per heavy atom. The molecule has 0 bridgehead atoms. The van der Waals surface area contributed by atoms with E-state index >= 15 is 0 Å². The van der Waals surface area contributed by atoms with Gasteiger partial charge in [0.15, 0.2) is 9.47 Å². The zero-order chi connectivity index (χ0) is 17.8. The third kappa shape index (κ3) is 4.49. The SMILES string of the molecule is CNc1nnc(SCc2csc(N(C(C)=O)c3cccc(Cl)c3)n2)s1. The second kappa shape index (κ2) is 8.13. The molecule has 0 aliphatic carbocycles. The molecule has 25 heavy (non-hydrogen) atoms. The van der Waals surface area contributed by atoms with Crippen molar-refractivity contribution in [2.45, 2.75) is 17.0 Å². The molecule has 1 amide bonds. The molecular weight excluding hydrogens is 398 g/mol. The van der Waals surface area contributed by atoms with Crippen molar-refractivity contribution in [3.63, 3.8) is 0 Å². The normalized spacial score (nSPS) is 10.7. The van der Waals surface area contributed by atoms with Crippen LogP contribution < -0.4 is 10.2 Å². The molecule has 0 radical (unpaired) electrons. The number of nitrogens with one attached hydrogen (secondary N) is 1. The molecule has 6 nitrogen and oxygen atoms in total. The minimum Gasteiger partial charge on any atom is -0.363 e. The van der Waals surface area contributed by atoms with Gasteiger partial charge in [0.2, 0.25) is 11.0 Å². The number of amides is 1. The van der Waals surface area contributed by atoms with E-state index in [1.807, 2.05) is 24.6 Å². The minimum absolute atomic E-state index is 0.112. The number of carbonyl (C=O) groups is 1. The highest BCUT2D eigenvalue weighted by Crippen LogP contribution is 2.33. The van der Waals surface area contributed by atoms with E-state index in [1.165, 1.54) is 29.6 Å². The summed E-state index contributed by atoms with van der Waals surface area (Å²) in [5, 5.41) is 15.0. The Morgan fingerprint density at radius 2 is 2.24 bits per heavy atom. The Hall–Kier alpha value is -1.68. The maximum Gasteiger partial charge on any atom is 0.230 e. The Balaban J connectivity index is 1.75. The van der Waals surface area contributed by atoms with E-state index in [0.717, 1.165) is 15.2 Å². The summed E-state index contributed by atoms with van der Waals surface area (Å²) in [5.41, 5.74) is 1.59. The van der Waals surface area contributed by atoms with Crippen molar-refractivity contribution in [2.75, 3.05) is 17.3 Å². The summed E-state index contributed by atoms with van der Waals surface area (Å²) in [5.74, 6) is 0.550. The Bertz CT molecular complexity index is 881. The maximum absolute atomic E-state index is 12.1. The molecule has 3 aromatic rings. The van der Waals surface area contributed by atoms with E-state index in [2.05, 4.69) is 20.5 Å². The van der Waals surface area contributed by atoms with E-state index in [1.54, 1.807) is 28.8 Å². The van der Waals surface area contributed by atoms with Gasteiger partial charge in [0.25, 0.3) is 0 Å². The van der Waals surface area contributed by atoms with Crippen molar-refractivity contribution in [1.29, 1.82) is 0 Å². The molecule has 0 fully saturated rings. The summed E-state index contributed by atoms with van der Waals surface area (Å²) in [4.78, 5) is 18.2. The van der Waals surface area contributed by atoms with Crippen molar-refractivity contribution >= 4 is 67.9 Å². The van der Waals surface area contributed by atoms with Gasteiger partial charge < -0.3 is 5.32 Å². The zero-order valence-electron chi connectivity index (χ0n) is 13.4. The molecule has 0 unspecified atom stereocenters. The highest BCUT2D eigenvalue weighted by atomic mass is 35.5. The van der Waals surface area contributed by atoms with Crippen molar-refractivity contribution in [1.82, 2.24) is 15.2 Å². The first-order valence-electron chi connectivity index (χ1n) is 7.21. The highest BCUT2D eigenvalue weighted by molar-refractivity contribution is 8.00. The molecule has 0 spiro atoms. The number of thiazole rings is 1. The van der Waals surface area contributed by atoms with Crippen molar-refractivity contribution in [3.8, 4) is 0 Å². The van der Waals surface area contributed by atoms with Crippen molar-refractivity contribution in [3.05, 3.63) is 40.4 Å². The molecule has 2 heterocycles. The van der Waals surface area contributed by atoms with Crippen LogP contribution in [0.25, 0.3) is 0 Å². The van der Waals surface area contributed by atoms with Gasteiger partial charge in [-0.3, -0.25) is 9.69 Å². The molecule has 0 aliphatic rings. The average Bonchev–Trinajstić information content (AvgIpc) is 3.22. The number of benzene rings is 1. The summed E-state index contributed by atoms with van der Waals surface area (Å²) in [7, 11) is 1.81. The van der Waals surface area contributed by atoms with Crippen LogP contribution in [0.2, 0.25) is 5.02 Å². The van der Waals surface area contributed by atoms with E-state index < -0.39 is 0 Å². The second-order valence-electron chi connectivity index (χ2n) is 4.87. The van der Waals surface area contributed by atoms with Gasteiger partial charge in [-0.05, 0) is 18.2 Å². The number of hydrogen-bond acceptors (Lipinski definition) is 8. The first-order chi connectivity index (χ1) is 12.1. The van der Waals surface area contributed by atoms with E-state index in [4.69, 9.17) is 11.6 Å². The first-order valence-corrected chi connectivity index (χ1v) is 10.3. The number of thioether (sulfide) groups is 1. The lowest BCUT2D eigenvalue weighted by molar-refractivity contribution is -0.115. The molecule has 130 valence electrons. The monoisotopic (exact) mass is 411 g/mol. The molecule has 3 rings (SSSR count). The third-order valence-corrected chi connectivity index (χ3v) is 6.29. The Morgan fingerprint density at radius 3 is 2.92 bits per heavy atom. The number of anilines is 3. The topological polar surface area (TPSA) is 71.0 Å². The molecule has 0 saturated heterocycles. The summed E-state index contributed by atoms with van der Waals surface area (Å²) in [6.07, 6.45) is 0. The van der Waals surface area contributed by atoms with Crippen LogP contribution in [0, 0.1) is 0 Å². The average molecular weight is 412 g/mol. The molecule has 0 aliphatic heterocycles. The smallest absolute Gasteiger partial charge is 0.230 e. The van der Waals surface area contributed by atoms with Crippen LogP contribution in [-0.2, 0) is 10.5 Å². The Labute approximate surface area is 162 Å². The summed E-state index contributed by atoms with van der Waals surface area (Å²) in [6.45, 7) is 1.51. The van der Waals surface area contributed by atoms with Crippen molar-refractivity contribution < 1.29 is 4.79 Å². The van der Waals surface area contributed by atoms with Gasteiger partial charge in [-0.25, -0.2) is 4.98 Å². The molecule has 10 heteroatoms. The minimum atomic E-state index is -0.112. The maximum atomic E-state index is 12.1. The van der Waals surface area contributed by atoms with Crippen LogP contribution in [-0.4, -0.2) is 28.1 Å². The number of nitrogens with zero attached hydrogens (tertiary/aromatic N) is 4. The van der Waals surface area contributed by atoms with E-state index in [0.29, 0.717) is 21.6 Å². The Kier molecular flexibility index (Phi) is 5.89. The fraction of sp³-hybridized carbons (Fsp3) is 0.200. The van der Waals surface area contributed by atoms with Gasteiger partial charge in [-0.2, -0.15) is 0 Å². The number of carbonyl (C=O) groups excluding carboxylic acids is 1. The summed E-state index contributed by atoms with van der Waals surface area (Å²) >= 11 is 10.5. The lowest BCUT2D eigenvalue weighted by Crippen LogP contribution is -2.22. The van der Waals surface area contributed by atoms with Crippen LogP contribution in [0.15, 0.2) is 34.0 Å². The number of rotatable bonds is 6. The second-order valence-corrected chi connectivity index (χ2v) is 8.34. The fourth-order valence-electron chi connectivity index (χ4n) is 2.01. The summed E-state index contributed by atoms with van der Waals surface area (Å²) in [6, 6.07) is 7.17. The van der Waals surface area contributed by atoms with Crippen molar-refractivity contribution in [2.24, 2.45) is 0 Å². The largest absolute Gasteiger partial charge is 0.363 e.